The molecule has 0 radical (unpaired) electrons. The summed E-state index contributed by atoms with van der Waals surface area (Å²) in [6.07, 6.45) is -1.23. The molecule has 5 heteroatoms. The first-order valence-corrected chi connectivity index (χ1v) is 4.09. The van der Waals surface area contributed by atoms with Crippen LogP contribution in [0.5, 0.6) is 0 Å². The van der Waals surface area contributed by atoms with Crippen molar-refractivity contribution in [2.45, 2.75) is 26.1 Å². The second-order valence-corrected chi connectivity index (χ2v) is 3.33. The van der Waals surface area contributed by atoms with Crippen molar-refractivity contribution >= 4 is 11.9 Å². The number of amides is 1. The quantitative estimate of drug-likeness (QED) is 0.644. The molecule has 74 valence electrons. The largest absolute Gasteiger partial charge is 0.480 e. The highest BCUT2D eigenvalue weighted by molar-refractivity contribution is 5.83. The molecule has 1 N–H and O–H groups in total. The van der Waals surface area contributed by atoms with Crippen molar-refractivity contribution in [3.63, 3.8) is 0 Å². The van der Waals surface area contributed by atoms with Crippen LogP contribution in [0, 0.1) is 5.92 Å². The third-order valence-corrected chi connectivity index (χ3v) is 2.43. The molecule has 1 rings (SSSR count). The van der Waals surface area contributed by atoms with E-state index in [1.54, 1.807) is 0 Å². The molecule has 0 aromatic rings. The number of halogens is 1. The lowest BCUT2D eigenvalue weighted by Gasteiger charge is -2.20. The first-order valence-electron chi connectivity index (χ1n) is 4.09. The summed E-state index contributed by atoms with van der Waals surface area (Å²) < 4.78 is 13.1. The fourth-order valence-electron chi connectivity index (χ4n) is 1.63. The van der Waals surface area contributed by atoms with Gasteiger partial charge < -0.3 is 10.0 Å². The molecule has 0 aromatic heterocycles. The minimum atomic E-state index is -1.23. The second kappa shape index (κ2) is 3.32. The molecule has 0 aliphatic carbocycles. The summed E-state index contributed by atoms with van der Waals surface area (Å²) in [5.41, 5.74) is 0. The van der Waals surface area contributed by atoms with Gasteiger partial charge in [-0.05, 0) is 0 Å². The molecule has 1 fully saturated rings. The van der Waals surface area contributed by atoms with Gasteiger partial charge in [0.1, 0.15) is 12.2 Å². The molecule has 0 bridgehead atoms. The van der Waals surface area contributed by atoms with E-state index in [4.69, 9.17) is 5.11 Å². The third kappa shape index (κ3) is 1.64. The number of aliphatic carboxylic acids is 1. The fraction of sp³-hybridized carbons (Fsp3) is 0.750. The summed E-state index contributed by atoms with van der Waals surface area (Å²) in [4.78, 5) is 22.7. The summed E-state index contributed by atoms with van der Waals surface area (Å²) in [5.74, 6) is -2.15. The van der Waals surface area contributed by atoms with Crippen LogP contribution in [0.2, 0.25) is 0 Å². The maximum absolute atomic E-state index is 13.1. The van der Waals surface area contributed by atoms with Gasteiger partial charge >= 0.3 is 5.97 Å². The highest BCUT2D eigenvalue weighted by Crippen LogP contribution is 2.26. The summed E-state index contributed by atoms with van der Waals surface area (Å²) in [5, 5.41) is 8.76. The lowest BCUT2D eigenvalue weighted by molar-refractivity contribution is -0.148. The zero-order valence-electron chi connectivity index (χ0n) is 7.53. The van der Waals surface area contributed by atoms with Crippen LogP contribution in [-0.2, 0) is 9.59 Å². The number of rotatable bonds is 1. The van der Waals surface area contributed by atoms with Crippen molar-refractivity contribution in [1.82, 2.24) is 4.90 Å². The van der Waals surface area contributed by atoms with E-state index < -0.39 is 24.1 Å². The average molecular weight is 189 g/mol. The van der Waals surface area contributed by atoms with Gasteiger partial charge in [-0.25, -0.2) is 9.18 Å². The fourth-order valence-corrected chi connectivity index (χ4v) is 1.63. The molecule has 0 saturated carbocycles. The summed E-state index contributed by atoms with van der Waals surface area (Å²) >= 11 is 0. The number of carboxylic acid groups (broad SMARTS) is 1. The Morgan fingerprint density at radius 2 is 2.08 bits per heavy atom. The highest BCUT2D eigenvalue weighted by atomic mass is 19.1. The zero-order chi connectivity index (χ0) is 10.2. The zero-order valence-corrected chi connectivity index (χ0v) is 7.53. The molecule has 0 aromatic carbocycles. The van der Waals surface area contributed by atoms with Crippen LogP contribution in [0.4, 0.5) is 4.39 Å². The molecule has 1 saturated heterocycles. The molecular weight excluding hydrogens is 177 g/mol. The second-order valence-electron chi connectivity index (χ2n) is 3.33. The van der Waals surface area contributed by atoms with Crippen molar-refractivity contribution < 1.29 is 19.1 Å². The molecule has 1 heterocycles. The number of hydrogen-bond donors (Lipinski definition) is 1. The van der Waals surface area contributed by atoms with Crippen molar-refractivity contribution in [2.75, 3.05) is 6.54 Å². The first kappa shape index (κ1) is 9.95. The molecule has 13 heavy (non-hydrogen) atoms. The predicted molar refractivity (Wildman–Crippen MR) is 42.9 cm³/mol. The SMILES string of the molecule is CC(=O)N1C[C@@H](F)[C@H](C)[C@H]1C(=O)O. The van der Waals surface area contributed by atoms with Crippen LogP contribution in [0.15, 0.2) is 0 Å². The van der Waals surface area contributed by atoms with E-state index in [1.165, 1.54) is 13.8 Å². The molecule has 1 aliphatic heterocycles. The number of nitrogens with zero attached hydrogens (tertiary/aromatic N) is 1. The Hall–Kier alpha value is -1.13. The van der Waals surface area contributed by atoms with Gasteiger partial charge in [-0.3, -0.25) is 4.79 Å². The predicted octanol–water partition coefficient (Wildman–Crippen LogP) is 0.276. The van der Waals surface area contributed by atoms with E-state index in [2.05, 4.69) is 0 Å². The van der Waals surface area contributed by atoms with Crippen LogP contribution in [-0.4, -0.2) is 40.6 Å². The monoisotopic (exact) mass is 189 g/mol. The smallest absolute Gasteiger partial charge is 0.326 e. The van der Waals surface area contributed by atoms with Gasteiger partial charge in [-0.2, -0.15) is 0 Å². The molecule has 1 aliphatic rings. The van der Waals surface area contributed by atoms with E-state index >= 15 is 0 Å². The van der Waals surface area contributed by atoms with Gasteiger partial charge in [-0.1, -0.05) is 6.92 Å². The lowest BCUT2D eigenvalue weighted by Crippen LogP contribution is -2.41. The van der Waals surface area contributed by atoms with E-state index in [-0.39, 0.29) is 12.5 Å². The van der Waals surface area contributed by atoms with E-state index in [0.717, 1.165) is 4.90 Å². The van der Waals surface area contributed by atoms with E-state index in [0.29, 0.717) is 0 Å². The topological polar surface area (TPSA) is 57.6 Å². The maximum atomic E-state index is 13.1. The summed E-state index contributed by atoms with van der Waals surface area (Å²) in [6.45, 7) is 2.65. The van der Waals surface area contributed by atoms with Crippen molar-refractivity contribution in [2.24, 2.45) is 5.92 Å². The van der Waals surface area contributed by atoms with E-state index in [9.17, 15) is 14.0 Å². The van der Waals surface area contributed by atoms with Crippen LogP contribution in [0.25, 0.3) is 0 Å². The normalized spacial score (nSPS) is 33.5. The maximum Gasteiger partial charge on any atom is 0.326 e. The van der Waals surface area contributed by atoms with Gasteiger partial charge in [0.05, 0.1) is 6.54 Å². The highest BCUT2D eigenvalue weighted by Gasteiger charge is 2.44. The number of hydrogen-bond acceptors (Lipinski definition) is 2. The number of carbonyl (C=O) groups excluding carboxylic acids is 1. The van der Waals surface area contributed by atoms with Crippen molar-refractivity contribution in [1.29, 1.82) is 0 Å². The first-order chi connectivity index (χ1) is 5.95. The Balaban J connectivity index is 2.86. The number of alkyl halides is 1. The molecule has 0 unspecified atom stereocenters. The average Bonchev–Trinajstić information content (AvgIpc) is 2.28. The van der Waals surface area contributed by atoms with Gasteiger partial charge in [0.25, 0.3) is 0 Å². The van der Waals surface area contributed by atoms with Gasteiger partial charge in [0.15, 0.2) is 0 Å². The lowest BCUT2D eigenvalue weighted by atomic mass is 10.0. The number of likely N-dealkylation sites (tertiary alicyclic amines) is 1. The Kier molecular flexibility index (Phi) is 2.54. The standard InChI is InChI=1S/C8H12FNO3/c1-4-6(9)3-10(5(2)11)7(4)8(12)13/h4,6-7H,3H2,1-2H3,(H,12,13)/t4-,6+,7-/m0/s1. The third-order valence-electron chi connectivity index (χ3n) is 2.43. The number of carbonyl (C=O) groups is 2. The molecule has 1 amide bonds. The molecular formula is C8H12FNO3. The van der Waals surface area contributed by atoms with Crippen molar-refractivity contribution in [3.05, 3.63) is 0 Å². The summed E-state index contributed by atoms with van der Waals surface area (Å²) in [6, 6.07) is -1.01. The van der Waals surface area contributed by atoms with Crippen LogP contribution < -0.4 is 0 Å². The molecule has 0 spiro atoms. The Bertz CT molecular complexity index is 244. The van der Waals surface area contributed by atoms with Crippen LogP contribution in [0.1, 0.15) is 13.8 Å². The number of carboxylic acids is 1. The Morgan fingerprint density at radius 3 is 2.38 bits per heavy atom. The molecule has 4 nitrogen and oxygen atoms in total. The minimum absolute atomic E-state index is 0.104. The van der Waals surface area contributed by atoms with Gasteiger partial charge in [-0.15, -0.1) is 0 Å². The van der Waals surface area contributed by atoms with Gasteiger partial charge in [0.2, 0.25) is 5.91 Å². The Morgan fingerprint density at radius 1 is 1.54 bits per heavy atom. The van der Waals surface area contributed by atoms with E-state index in [1.807, 2.05) is 0 Å². The molecule has 3 atom stereocenters. The van der Waals surface area contributed by atoms with Crippen LogP contribution >= 0.6 is 0 Å². The minimum Gasteiger partial charge on any atom is -0.480 e. The summed E-state index contributed by atoms with van der Waals surface area (Å²) in [7, 11) is 0. The Labute approximate surface area is 75.3 Å². The van der Waals surface area contributed by atoms with Crippen LogP contribution in [0.3, 0.4) is 0 Å². The van der Waals surface area contributed by atoms with Crippen molar-refractivity contribution in [3.8, 4) is 0 Å². The van der Waals surface area contributed by atoms with Gasteiger partial charge in [0, 0.05) is 12.8 Å².